The molecule has 5 heteroatoms. The molecule has 5 nitrogen and oxygen atoms in total. The number of carbonyl (C=O) groups excluding carboxylic acids is 1. The van der Waals surface area contributed by atoms with E-state index < -0.39 is 0 Å². The first-order valence-electron chi connectivity index (χ1n) is 7.41. The number of rotatable bonds is 11. The lowest BCUT2D eigenvalue weighted by Gasteiger charge is -2.25. The molecule has 0 spiro atoms. The summed E-state index contributed by atoms with van der Waals surface area (Å²) < 4.78 is 10.6. The topological polar surface area (TPSA) is 59.6 Å². The van der Waals surface area contributed by atoms with Crippen molar-refractivity contribution in [1.29, 1.82) is 0 Å². The Kier molecular flexibility index (Phi) is 8.07. The molecule has 0 radical (unpaired) electrons. The maximum atomic E-state index is 10.3. The van der Waals surface area contributed by atoms with Gasteiger partial charge in [0.2, 0.25) is 6.41 Å². The Balaban J connectivity index is 2.62. The van der Waals surface area contributed by atoms with Crippen molar-refractivity contribution in [1.82, 2.24) is 5.32 Å². The summed E-state index contributed by atoms with van der Waals surface area (Å²) in [5, 5.41) is 6.08. The van der Waals surface area contributed by atoms with Crippen LogP contribution in [0.5, 0.6) is 0 Å². The zero-order valence-corrected chi connectivity index (χ0v) is 13.6. The van der Waals surface area contributed by atoms with Gasteiger partial charge in [-0.25, -0.2) is 0 Å². The van der Waals surface area contributed by atoms with Gasteiger partial charge in [-0.15, -0.1) is 0 Å². The van der Waals surface area contributed by atoms with Crippen LogP contribution in [0.1, 0.15) is 19.4 Å². The predicted molar refractivity (Wildman–Crippen MR) is 88.6 cm³/mol. The predicted octanol–water partition coefficient (Wildman–Crippen LogP) is 2.55. The van der Waals surface area contributed by atoms with Crippen molar-refractivity contribution in [2.45, 2.75) is 26.4 Å². The number of benzene rings is 1. The molecule has 0 aliphatic rings. The Morgan fingerprint density at radius 1 is 1.27 bits per heavy atom. The summed E-state index contributed by atoms with van der Waals surface area (Å²) in [5.74, 6) is 1.05. The number of carbonyl (C=O) groups is 1. The number of ether oxygens (including phenoxy) is 2. The van der Waals surface area contributed by atoms with Crippen LogP contribution in [-0.2, 0) is 20.8 Å². The van der Waals surface area contributed by atoms with Gasteiger partial charge in [-0.1, -0.05) is 32.6 Å². The third-order valence-electron chi connectivity index (χ3n) is 3.25. The molecule has 0 aliphatic carbocycles. The molecule has 22 heavy (non-hydrogen) atoms. The minimum absolute atomic E-state index is 0.0239. The van der Waals surface area contributed by atoms with Crippen LogP contribution in [0, 0.1) is 5.92 Å². The van der Waals surface area contributed by atoms with Crippen molar-refractivity contribution in [2.75, 3.05) is 25.6 Å². The second-order valence-electron chi connectivity index (χ2n) is 5.37. The van der Waals surface area contributed by atoms with E-state index in [9.17, 15) is 4.79 Å². The van der Waals surface area contributed by atoms with Crippen LogP contribution in [0.4, 0.5) is 5.69 Å². The first-order valence-corrected chi connectivity index (χ1v) is 7.41. The van der Waals surface area contributed by atoms with Gasteiger partial charge in [0.15, 0.2) is 0 Å². The molecule has 0 aromatic heterocycles. The van der Waals surface area contributed by atoms with Crippen molar-refractivity contribution in [3.63, 3.8) is 0 Å². The van der Waals surface area contributed by atoms with Gasteiger partial charge in [0.25, 0.3) is 0 Å². The third kappa shape index (κ3) is 6.18. The molecular weight excluding hydrogens is 280 g/mol. The van der Waals surface area contributed by atoms with Crippen molar-refractivity contribution < 1.29 is 14.3 Å². The average molecular weight is 306 g/mol. The molecule has 0 bridgehead atoms. The van der Waals surface area contributed by atoms with E-state index in [1.54, 1.807) is 7.11 Å². The van der Waals surface area contributed by atoms with Crippen molar-refractivity contribution in [3.8, 4) is 0 Å². The molecule has 1 aromatic carbocycles. The van der Waals surface area contributed by atoms with Crippen LogP contribution in [0.2, 0.25) is 0 Å². The summed E-state index contributed by atoms with van der Waals surface area (Å²) in [6, 6.07) is 7.95. The van der Waals surface area contributed by atoms with Gasteiger partial charge in [0.1, 0.15) is 12.4 Å². The van der Waals surface area contributed by atoms with Gasteiger partial charge in [-0.2, -0.15) is 0 Å². The molecular formula is C17H26N2O3. The van der Waals surface area contributed by atoms with Crippen LogP contribution in [0.25, 0.3) is 0 Å². The highest BCUT2D eigenvalue weighted by Crippen LogP contribution is 2.19. The Morgan fingerprint density at radius 2 is 1.95 bits per heavy atom. The molecule has 1 aromatic rings. The van der Waals surface area contributed by atoms with Gasteiger partial charge in [-0.05, 0) is 23.6 Å². The molecule has 0 aliphatic heterocycles. The average Bonchev–Trinajstić information content (AvgIpc) is 2.51. The summed E-state index contributed by atoms with van der Waals surface area (Å²) in [6.07, 6.45) is 0.697. The first kappa shape index (κ1) is 18.0. The SMILES string of the molecule is C=C(OCCOC)C(Nc1ccc(CNC=O)cc1)C(C)C. The second-order valence-corrected chi connectivity index (χ2v) is 5.37. The minimum Gasteiger partial charge on any atom is -0.494 e. The quantitative estimate of drug-likeness (QED) is 0.375. The zero-order valence-electron chi connectivity index (χ0n) is 13.6. The zero-order chi connectivity index (χ0) is 16.4. The molecule has 2 N–H and O–H groups in total. The maximum Gasteiger partial charge on any atom is 0.207 e. The normalized spacial score (nSPS) is 11.8. The Bertz CT molecular complexity index is 457. The summed E-state index contributed by atoms with van der Waals surface area (Å²) in [4.78, 5) is 10.3. The standard InChI is InChI=1S/C17H26N2O3/c1-13(2)17(14(3)22-10-9-21-4)19-16-7-5-15(6-8-16)11-18-12-20/h5-8,12-13,17,19H,3,9-11H2,1-2,4H3,(H,18,20). The lowest BCUT2D eigenvalue weighted by atomic mass is 10.0. The van der Waals surface area contributed by atoms with Gasteiger partial charge in [-0.3, -0.25) is 4.79 Å². The van der Waals surface area contributed by atoms with E-state index in [1.807, 2.05) is 24.3 Å². The van der Waals surface area contributed by atoms with Gasteiger partial charge >= 0.3 is 0 Å². The molecule has 122 valence electrons. The molecule has 1 rings (SSSR count). The van der Waals surface area contributed by atoms with Gasteiger partial charge in [0, 0.05) is 19.3 Å². The van der Waals surface area contributed by atoms with Crippen LogP contribution < -0.4 is 10.6 Å². The summed E-state index contributed by atoms with van der Waals surface area (Å²) >= 11 is 0. The Morgan fingerprint density at radius 3 is 2.50 bits per heavy atom. The summed E-state index contributed by atoms with van der Waals surface area (Å²) in [7, 11) is 1.64. The second kappa shape index (κ2) is 9.84. The fraction of sp³-hybridized carbons (Fsp3) is 0.471. The smallest absolute Gasteiger partial charge is 0.207 e. The number of amides is 1. The summed E-state index contributed by atoms with van der Waals surface area (Å²) in [5.41, 5.74) is 2.04. The molecule has 0 saturated carbocycles. The number of hydrogen-bond acceptors (Lipinski definition) is 4. The fourth-order valence-electron chi connectivity index (χ4n) is 2.02. The number of methoxy groups -OCH3 is 1. The Labute approximate surface area is 132 Å². The van der Waals surface area contributed by atoms with Gasteiger partial charge < -0.3 is 20.1 Å². The van der Waals surface area contributed by atoms with E-state index >= 15 is 0 Å². The minimum atomic E-state index is 0.0239. The first-order chi connectivity index (χ1) is 10.6. The van der Waals surface area contributed by atoms with E-state index in [4.69, 9.17) is 9.47 Å². The van der Waals surface area contributed by atoms with E-state index in [0.29, 0.717) is 37.8 Å². The molecule has 0 fully saturated rings. The Hall–Kier alpha value is -2.01. The molecule has 1 amide bonds. The van der Waals surface area contributed by atoms with Gasteiger partial charge in [0.05, 0.1) is 12.6 Å². The highest BCUT2D eigenvalue weighted by Gasteiger charge is 2.18. The fourth-order valence-corrected chi connectivity index (χ4v) is 2.02. The number of hydrogen-bond donors (Lipinski definition) is 2. The van der Waals surface area contributed by atoms with Crippen LogP contribution in [0.15, 0.2) is 36.6 Å². The molecule has 1 unspecified atom stereocenters. The van der Waals surface area contributed by atoms with E-state index in [-0.39, 0.29) is 6.04 Å². The van der Waals surface area contributed by atoms with Crippen molar-refractivity contribution >= 4 is 12.1 Å². The monoisotopic (exact) mass is 306 g/mol. The van der Waals surface area contributed by atoms with E-state index in [2.05, 4.69) is 31.1 Å². The maximum absolute atomic E-state index is 10.3. The van der Waals surface area contributed by atoms with Crippen molar-refractivity contribution in [3.05, 3.63) is 42.2 Å². The van der Waals surface area contributed by atoms with Crippen LogP contribution >= 0.6 is 0 Å². The molecule has 0 saturated heterocycles. The van der Waals surface area contributed by atoms with Crippen LogP contribution in [0.3, 0.4) is 0 Å². The number of anilines is 1. The highest BCUT2D eigenvalue weighted by atomic mass is 16.5. The van der Waals surface area contributed by atoms with E-state index in [1.165, 1.54) is 0 Å². The molecule has 0 heterocycles. The lowest BCUT2D eigenvalue weighted by molar-refractivity contribution is -0.109. The van der Waals surface area contributed by atoms with E-state index in [0.717, 1.165) is 11.3 Å². The lowest BCUT2D eigenvalue weighted by Crippen LogP contribution is -2.29. The number of nitrogens with one attached hydrogen (secondary N) is 2. The van der Waals surface area contributed by atoms with Crippen molar-refractivity contribution in [2.24, 2.45) is 5.92 Å². The third-order valence-corrected chi connectivity index (χ3v) is 3.25. The van der Waals surface area contributed by atoms with Crippen LogP contribution in [-0.4, -0.2) is 32.8 Å². The summed E-state index contributed by atoms with van der Waals surface area (Å²) in [6.45, 7) is 9.82. The molecule has 1 atom stereocenters. The largest absolute Gasteiger partial charge is 0.494 e. The highest BCUT2D eigenvalue weighted by molar-refractivity contribution is 5.49.